The van der Waals surface area contributed by atoms with Gasteiger partial charge in [0.25, 0.3) is 0 Å². The number of aliphatic hydroxyl groups is 1. The van der Waals surface area contributed by atoms with Crippen LogP contribution in [0.25, 0.3) is 0 Å². The molecule has 0 bridgehead atoms. The summed E-state index contributed by atoms with van der Waals surface area (Å²) in [5.74, 6) is 1.05. The Balaban J connectivity index is 2.82. The zero-order chi connectivity index (χ0) is 9.84. The van der Waals surface area contributed by atoms with Crippen LogP contribution in [0, 0.1) is 0 Å². The second kappa shape index (κ2) is 4.04. The van der Waals surface area contributed by atoms with Gasteiger partial charge in [-0.05, 0) is 6.92 Å². The molecule has 1 atom stereocenters. The van der Waals surface area contributed by atoms with E-state index in [4.69, 9.17) is 10.8 Å². The molecule has 0 fully saturated rings. The molecule has 13 heavy (non-hydrogen) atoms. The van der Waals surface area contributed by atoms with E-state index < -0.39 is 0 Å². The van der Waals surface area contributed by atoms with E-state index in [1.165, 1.54) is 6.20 Å². The first-order valence-electron chi connectivity index (χ1n) is 4.06. The molecule has 1 aromatic rings. The fourth-order valence-corrected chi connectivity index (χ4v) is 0.889. The number of hydrogen-bond acceptors (Lipinski definition) is 5. The van der Waals surface area contributed by atoms with E-state index in [1.54, 1.807) is 6.20 Å². The van der Waals surface area contributed by atoms with Gasteiger partial charge in [0, 0.05) is 7.05 Å². The van der Waals surface area contributed by atoms with Gasteiger partial charge in [0.05, 0.1) is 25.0 Å². The molecule has 0 radical (unpaired) electrons. The highest BCUT2D eigenvalue weighted by molar-refractivity contribution is 5.41. The van der Waals surface area contributed by atoms with Gasteiger partial charge < -0.3 is 15.7 Å². The standard InChI is InChI=1S/C8H14N4O/c1-6(5-13)12(2)8-4-10-3-7(9)11-8/h3-4,6,13H,5H2,1-2H3,(H2,9,11)/t6-/m0/s1. The molecule has 0 aliphatic carbocycles. The number of nitrogen functional groups attached to an aromatic ring is 1. The zero-order valence-electron chi connectivity index (χ0n) is 7.81. The summed E-state index contributed by atoms with van der Waals surface area (Å²) in [7, 11) is 1.84. The molecule has 1 aromatic heterocycles. The lowest BCUT2D eigenvalue weighted by Crippen LogP contribution is -2.32. The van der Waals surface area contributed by atoms with E-state index in [-0.39, 0.29) is 12.6 Å². The summed E-state index contributed by atoms with van der Waals surface area (Å²) in [6.07, 6.45) is 3.10. The molecule has 1 heterocycles. The van der Waals surface area contributed by atoms with E-state index in [9.17, 15) is 0 Å². The number of rotatable bonds is 3. The number of anilines is 2. The second-order valence-corrected chi connectivity index (χ2v) is 2.94. The van der Waals surface area contributed by atoms with Crippen molar-refractivity contribution in [2.45, 2.75) is 13.0 Å². The Bertz CT molecular complexity index is 279. The lowest BCUT2D eigenvalue weighted by molar-refractivity contribution is 0.270. The van der Waals surface area contributed by atoms with Crippen LogP contribution >= 0.6 is 0 Å². The second-order valence-electron chi connectivity index (χ2n) is 2.94. The highest BCUT2D eigenvalue weighted by Crippen LogP contribution is 2.10. The molecule has 3 N–H and O–H groups in total. The van der Waals surface area contributed by atoms with Gasteiger partial charge in [0.2, 0.25) is 0 Å². The SMILES string of the molecule is C[C@@H](CO)N(C)c1cncc(N)n1. The first kappa shape index (κ1) is 9.73. The molecule has 72 valence electrons. The van der Waals surface area contributed by atoms with Gasteiger partial charge in [-0.2, -0.15) is 0 Å². The topological polar surface area (TPSA) is 75.3 Å². The Hall–Kier alpha value is -1.36. The summed E-state index contributed by atoms with van der Waals surface area (Å²) in [6, 6.07) is 0.0103. The lowest BCUT2D eigenvalue weighted by Gasteiger charge is -2.23. The fraction of sp³-hybridized carbons (Fsp3) is 0.500. The summed E-state index contributed by atoms with van der Waals surface area (Å²) in [5, 5.41) is 8.91. The first-order chi connectivity index (χ1) is 6.15. The number of nitrogens with zero attached hydrogens (tertiary/aromatic N) is 3. The summed E-state index contributed by atoms with van der Waals surface area (Å²) in [4.78, 5) is 9.81. The van der Waals surface area contributed by atoms with Crippen molar-refractivity contribution >= 4 is 11.6 Å². The Morgan fingerprint density at radius 2 is 2.31 bits per heavy atom. The van der Waals surface area contributed by atoms with Gasteiger partial charge in [-0.1, -0.05) is 0 Å². The predicted octanol–water partition coefficient (Wildman–Crippen LogP) is -0.124. The van der Waals surface area contributed by atoms with Gasteiger partial charge in [0.1, 0.15) is 11.6 Å². The van der Waals surface area contributed by atoms with Crippen molar-refractivity contribution in [1.82, 2.24) is 9.97 Å². The summed E-state index contributed by atoms with van der Waals surface area (Å²) < 4.78 is 0. The monoisotopic (exact) mass is 182 g/mol. The summed E-state index contributed by atoms with van der Waals surface area (Å²) >= 11 is 0. The van der Waals surface area contributed by atoms with Crippen LogP contribution in [0.2, 0.25) is 0 Å². The summed E-state index contributed by atoms with van der Waals surface area (Å²) in [6.45, 7) is 1.97. The van der Waals surface area contributed by atoms with Crippen LogP contribution in [-0.4, -0.2) is 34.8 Å². The maximum Gasteiger partial charge on any atom is 0.149 e. The largest absolute Gasteiger partial charge is 0.394 e. The molecule has 0 spiro atoms. The molecule has 5 nitrogen and oxygen atoms in total. The molecule has 0 unspecified atom stereocenters. The van der Waals surface area contributed by atoms with Crippen molar-refractivity contribution < 1.29 is 5.11 Å². The van der Waals surface area contributed by atoms with E-state index in [0.717, 1.165) is 0 Å². The molecule has 0 saturated carbocycles. The molecular formula is C8H14N4O. The van der Waals surface area contributed by atoms with Crippen molar-refractivity contribution in [2.75, 3.05) is 24.3 Å². The quantitative estimate of drug-likeness (QED) is 0.681. The molecule has 0 aliphatic heterocycles. The fourth-order valence-electron chi connectivity index (χ4n) is 0.889. The van der Waals surface area contributed by atoms with Crippen LogP contribution in [0.5, 0.6) is 0 Å². The van der Waals surface area contributed by atoms with E-state index >= 15 is 0 Å². The molecule has 0 amide bonds. The van der Waals surface area contributed by atoms with E-state index in [0.29, 0.717) is 11.6 Å². The van der Waals surface area contributed by atoms with Crippen LogP contribution in [0.15, 0.2) is 12.4 Å². The minimum absolute atomic E-state index is 0.0103. The van der Waals surface area contributed by atoms with Gasteiger partial charge in [0.15, 0.2) is 0 Å². The molecule has 5 heteroatoms. The molecule has 0 aromatic carbocycles. The van der Waals surface area contributed by atoms with E-state index in [2.05, 4.69) is 9.97 Å². The molecular weight excluding hydrogens is 168 g/mol. The Labute approximate surface area is 77.2 Å². The maximum atomic E-state index is 8.91. The van der Waals surface area contributed by atoms with Crippen LogP contribution < -0.4 is 10.6 Å². The normalized spacial score (nSPS) is 12.5. The number of aliphatic hydroxyl groups excluding tert-OH is 1. The van der Waals surface area contributed by atoms with Crippen LogP contribution in [0.4, 0.5) is 11.6 Å². The average molecular weight is 182 g/mol. The Morgan fingerprint density at radius 3 is 2.85 bits per heavy atom. The third kappa shape index (κ3) is 2.29. The van der Waals surface area contributed by atoms with Crippen molar-refractivity contribution in [3.63, 3.8) is 0 Å². The molecule has 1 rings (SSSR count). The number of aromatic nitrogens is 2. The highest BCUT2D eigenvalue weighted by Gasteiger charge is 2.09. The third-order valence-electron chi connectivity index (χ3n) is 1.93. The maximum absolute atomic E-state index is 8.91. The minimum atomic E-state index is 0.0103. The average Bonchev–Trinajstić information content (AvgIpc) is 2.15. The molecule has 0 saturated heterocycles. The lowest BCUT2D eigenvalue weighted by atomic mass is 10.3. The van der Waals surface area contributed by atoms with Gasteiger partial charge >= 0.3 is 0 Å². The van der Waals surface area contributed by atoms with Crippen molar-refractivity contribution in [1.29, 1.82) is 0 Å². The molecule has 0 aliphatic rings. The zero-order valence-corrected chi connectivity index (χ0v) is 7.81. The number of likely N-dealkylation sites (N-methyl/N-ethyl adjacent to an activating group) is 1. The summed E-state index contributed by atoms with van der Waals surface area (Å²) in [5.41, 5.74) is 5.48. The van der Waals surface area contributed by atoms with Gasteiger partial charge in [-0.15, -0.1) is 0 Å². The van der Waals surface area contributed by atoms with Crippen molar-refractivity contribution in [3.8, 4) is 0 Å². The van der Waals surface area contributed by atoms with Gasteiger partial charge in [-0.25, -0.2) is 4.98 Å². The Kier molecular flexibility index (Phi) is 3.02. The first-order valence-corrected chi connectivity index (χ1v) is 4.06. The van der Waals surface area contributed by atoms with Gasteiger partial charge in [-0.3, -0.25) is 4.98 Å². The van der Waals surface area contributed by atoms with Crippen LogP contribution in [-0.2, 0) is 0 Å². The van der Waals surface area contributed by atoms with E-state index in [1.807, 2.05) is 18.9 Å². The number of nitrogens with two attached hydrogens (primary N) is 1. The van der Waals surface area contributed by atoms with Crippen molar-refractivity contribution in [3.05, 3.63) is 12.4 Å². The predicted molar refractivity (Wildman–Crippen MR) is 51.4 cm³/mol. The van der Waals surface area contributed by atoms with Crippen LogP contribution in [0.1, 0.15) is 6.92 Å². The van der Waals surface area contributed by atoms with Crippen LogP contribution in [0.3, 0.4) is 0 Å². The Morgan fingerprint density at radius 1 is 1.62 bits per heavy atom. The third-order valence-corrected chi connectivity index (χ3v) is 1.93. The minimum Gasteiger partial charge on any atom is -0.394 e. The smallest absolute Gasteiger partial charge is 0.149 e. The highest BCUT2D eigenvalue weighted by atomic mass is 16.3. The number of hydrogen-bond donors (Lipinski definition) is 2. The van der Waals surface area contributed by atoms with Crippen molar-refractivity contribution in [2.24, 2.45) is 0 Å².